The number of hydrogen-bond donors (Lipinski definition) is 2. The van der Waals surface area contributed by atoms with Gasteiger partial charge in [0, 0.05) is 19.4 Å². The van der Waals surface area contributed by atoms with Crippen LogP contribution >= 0.6 is 7.82 Å². The summed E-state index contributed by atoms with van der Waals surface area (Å²) in [7, 11) is -4.40. The number of unbranched alkanes of at least 4 members (excludes halogenated alkanes) is 33. The SMILES string of the molecule is CC/C=C\C/C=C\C/C=C\C/C=C\CCC(=O)OC(COC(=O)CCCCCCCCCCCCCCCCCCCCCCCCCCCCCCCCCCCC)COP(=O)(O)OCCN. The zero-order valence-corrected chi connectivity index (χ0v) is 45.2. The van der Waals surface area contributed by atoms with Crippen molar-refractivity contribution in [2.75, 3.05) is 26.4 Å². The Kier molecular flexibility index (Phi) is 52.7. The summed E-state index contributed by atoms with van der Waals surface area (Å²) < 4.78 is 32.8. The number of phosphoric ester groups is 1. The average Bonchev–Trinajstić information content (AvgIpc) is 3.33. The molecule has 2 atom stereocenters. The Balaban J connectivity index is 3.80. The summed E-state index contributed by atoms with van der Waals surface area (Å²) in [6.07, 6.45) is 66.6. The predicted octanol–water partition coefficient (Wildman–Crippen LogP) is 17.8. The number of hydrogen-bond acceptors (Lipinski definition) is 8. The van der Waals surface area contributed by atoms with Crippen molar-refractivity contribution < 1.29 is 37.6 Å². The van der Waals surface area contributed by atoms with E-state index in [1.54, 1.807) is 0 Å². The Morgan fingerprint density at radius 1 is 0.456 bits per heavy atom. The van der Waals surface area contributed by atoms with Gasteiger partial charge in [0.25, 0.3) is 0 Å². The van der Waals surface area contributed by atoms with Crippen LogP contribution < -0.4 is 5.73 Å². The van der Waals surface area contributed by atoms with Crippen molar-refractivity contribution in [3.63, 3.8) is 0 Å². The largest absolute Gasteiger partial charge is 0.472 e. The van der Waals surface area contributed by atoms with Crippen molar-refractivity contribution in [2.24, 2.45) is 5.73 Å². The first kappa shape index (κ1) is 66.0. The fraction of sp³-hybridized carbons (Fsp3) is 0.828. The molecular formula is C58H108NO8P. The lowest BCUT2D eigenvalue weighted by Crippen LogP contribution is -2.29. The molecule has 0 aromatic carbocycles. The molecule has 0 amide bonds. The minimum atomic E-state index is -4.40. The van der Waals surface area contributed by atoms with Crippen LogP contribution in [-0.2, 0) is 32.7 Å². The highest BCUT2D eigenvalue weighted by atomic mass is 31.2. The summed E-state index contributed by atoms with van der Waals surface area (Å²) in [6, 6.07) is 0. The molecule has 0 aromatic heterocycles. The van der Waals surface area contributed by atoms with Crippen LogP contribution in [0.2, 0.25) is 0 Å². The molecule has 0 aliphatic rings. The summed E-state index contributed by atoms with van der Waals surface area (Å²) >= 11 is 0. The highest BCUT2D eigenvalue weighted by Gasteiger charge is 2.26. The van der Waals surface area contributed by atoms with Crippen LogP contribution in [0.3, 0.4) is 0 Å². The van der Waals surface area contributed by atoms with Gasteiger partial charge in [-0.3, -0.25) is 18.6 Å². The lowest BCUT2D eigenvalue weighted by atomic mass is 10.0. The van der Waals surface area contributed by atoms with Crippen molar-refractivity contribution >= 4 is 19.8 Å². The van der Waals surface area contributed by atoms with E-state index < -0.39 is 32.5 Å². The van der Waals surface area contributed by atoms with Crippen LogP contribution in [0.15, 0.2) is 48.6 Å². The number of ether oxygens (including phenoxy) is 2. The first-order valence-corrected chi connectivity index (χ1v) is 30.1. The van der Waals surface area contributed by atoms with Crippen molar-refractivity contribution in [3.8, 4) is 0 Å². The maximum absolute atomic E-state index is 12.6. The summed E-state index contributed by atoms with van der Waals surface area (Å²) in [5.41, 5.74) is 5.36. The molecule has 0 heterocycles. The molecule has 398 valence electrons. The molecule has 0 radical (unpaired) electrons. The lowest BCUT2D eigenvalue weighted by Gasteiger charge is -2.19. The van der Waals surface area contributed by atoms with Gasteiger partial charge >= 0.3 is 19.8 Å². The number of rotatable bonds is 54. The van der Waals surface area contributed by atoms with Crippen LogP contribution in [0.5, 0.6) is 0 Å². The van der Waals surface area contributed by atoms with Gasteiger partial charge in [-0.05, 0) is 38.5 Å². The third-order valence-electron chi connectivity index (χ3n) is 12.5. The van der Waals surface area contributed by atoms with Crippen molar-refractivity contribution in [3.05, 3.63) is 48.6 Å². The molecule has 3 N–H and O–H groups in total. The van der Waals surface area contributed by atoms with E-state index in [4.69, 9.17) is 24.3 Å². The normalized spacial score (nSPS) is 13.4. The molecule has 9 nitrogen and oxygen atoms in total. The van der Waals surface area contributed by atoms with Crippen LogP contribution in [0.25, 0.3) is 0 Å². The fourth-order valence-corrected chi connectivity index (χ4v) is 9.07. The number of phosphoric acid groups is 1. The van der Waals surface area contributed by atoms with Crippen molar-refractivity contribution in [2.45, 2.75) is 283 Å². The van der Waals surface area contributed by atoms with E-state index >= 15 is 0 Å². The lowest BCUT2D eigenvalue weighted by molar-refractivity contribution is -0.161. The van der Waals surface area contributed by atoms with Crippen LogP contribution in [0, 0.1) is 0 Å². The molecule has 0 rings (SSSR count). The second-order valence-corrected chi connectivity index (χ2v) is 20.6. The van der Waals surface area contributed by atoms with E-state index in [2.05, 4.69) is 50.3 Å². The zero-order chi connectivity index (χ0) is 49.5. The number of esters is 2. The number of allylic oxidation sites excluding steroid dienone is 8. The molecule has 68 heavy (non-hydrogen) atoms. The quantitative estimate of drug-likeness (QED) is 0.0264. The van der Waals surface area contributed by atoms with Gasteiger partial charge < -0.3 is 20.1 Å². The van der Waals surface area contributed by atoms with E-state index in [0.29, 0.717) is 6.42 Å². The Hall–Kier alpha value is -2.03. The Morgan fingerprint density at radius 3 is 1.18 bits per heavy atom. The summed E-state index contributed by atoms with van der Waals surface area (Å²) in [6.45, 7) is 3.57. The summed E-state index contributed by atoms with van der Waals surface area (Å²) in [4.78, 5) is 35.0. The van der Waals surface area contributed by atoms with Gasteiger partial charge in [-0.1, -0.05) is 274 Å². The number of carbonyl (C=O) groups is 2. The first-order chi connectivity index (χ1) is 33.3. The van der Waals surface area contributed by atoms with Gasteiger partial charge in [-0.15, -0.1) is 0 Å². The number of nitrogens with two attached hydrogens (primary N) is 1. The third-order valence-corrected chi connectivity index (χ3v) is 13.5. The first-order valence-electron chi connectivity index (χ1n) is 28.6. The monoisotopic (exact) mass is 978 g/mol. The minimum absolute atomic E-state index is 0.0427. The Morgan fingerprint density at radius 2 is 0.809 bits per heavy atom. The molecule has 0 spiro atoms. The topological polar surface area (TPSA) is 134 Å². The van der Waals surface area contributed by atoms with E-state index in [0.717, 1.165) is 44.9 Å². The molecule has 0 saturated heterocycles. The van der Waals surface area contributed by atoms with Crippen LogP contribution in [0.1, 0.15) is 277 Å². The maximum Gasteiger partial charge on any atom is 0.472 e. The zero-order valence-electron chi connectivity index (χ0n) is 44.3. The highest BCUT2D eigenvalue weighted by molar-refractivity contribution is 7.47. The van der Waals surface area contributed by atoms with Gasteiger partial charge in [0.2, 0.25) is 0 Å². The second kappa shape index (κ2) is 54.3. The van der Waals surface area contributed by atoms with Crippen LogP contribution in [0.4, 0.5) is 0 Å². The van der Waals surface area contributed by atoms with Gasteiger partial charge in [-0.25, -0.2) is 4.57 Å². The van der Waals surface area contributed by atoms with Crippen molar-refractivity contribution in [1.29, 1.82) is 0 Å². The summed E-state index contributed by atoms with van der Waals surface area (Å²) in [5, 5.41) is 0. The fourth-order valence-electron chi connectivity index (χ4n) is 8.30. The molecule has 10 heteroatoms. The van der Waals surface area contributed by atoms with E-state index in [1.807, 2.05) is 12.2 Å². The van der Waals surface area contributed by atoms with Gasteiger partial charge in [0.05, 0.1) is 13.2 Å². The molecule has 0 aliphatic heterocycles. The van der Waals surface area contributed by atoms with Crippen molar-refractivity contribution in [1.82, 2.24) is 0 Å². The second-order valence-electron chi connectivity index (χ2n) is 19.1. The predicted molar refractivity (Wildman–Crippen MR) is 289 cm³/mol. The van der Waals surface area contributed by atoms with E-state index in [-0.39, 0.29) is 32.6 Å². The smallest absolute Gasteiger partial charge is 0.462 e. The van der Waals surface area contributed by atoms with E-state index in [1.165, 1.54) is 199 Å². The molecule has 0 fully saturated rings. The van der Waals surface area contributed by atoms with Crippen LogP contribution in [-0.4, -0.2) is 49.3 Å². The summed E-state index contributed by atoms with van der Waals surface area (Å²) in [5.74, 6) is -0.914. The maximum atomic E-state index is 12.6. The molecule has 2 unspecified atom stereocenters. The Labute approximate surface area is 419 Å². The number of carbonyl (C=O) groups excluding carboxylic acids is 2. The Bertz CT molecular complexity index is 1250. The molecule has 0 aromatic rings. The van der Waals surface area contributed by atoms with Gasteiger partial charge in [0.15, 0.2) is 6.10 Å². The van der Waals surface area contributed by atoms with E-state index in [9.17, 15) is 19.0 Å². The molecule has 0 aliphatic carbocycles. The molecule has 0 bridgehead atoms. The molecule has 0 saturated carbocycles. The van der Waals surface area contributed by atoms with Gasteiger partial charge in [-0.2, -0.15) is 0 Å². The average molecular weight is 978 g/mol. The minimum Gasteiger partial charge on any atom is -0.462 e. The molecular weight excluding hydrogens is 870 g/mol. The van der Waals surface area contributed by atoms with Gasteiger partial charge in [0.1, 0.15) is 6.61 Å². The third kappa shape index (κ3) is 53.3. The standard InChI is InChI=1S/C58H108NO8P/c1-3-5-7-9-11-13-15-17-18-19-20-21-22-23-24-25-26-27-28-29-30-31-32-33-34-35-36-37-39-40-42-44-46-48-50-57(60)64-54-56(55-66-68(62,63)65-53-52-59)67-58(61)51-49-47-45-43-41-38-16-14-12-10-8-6-4-2/h6,8,12,14,38,41,45,47,56H,3-5,7,9-11,13,15-37,39-40,42-44,46,48-55,59H2,1-2H3,(H,62,63)/b8-6-,14-12-,41-38-,47-45-. The highest BCUT2D eigenvalue weighted by Crippen LogP contribution is 2.43.